The number of hydrogen-bond donors (Lipinski definition) is 1. The van der Waals surface area contributed by atoms with E-state index in [0.29, 0.717) is 39.0 Å². The maximum atomic E-state index is 14.6. The minimum atomic E-state index is -0.648. The number of likely N-dealkylation sites (tertiary alicyclic amines) is 1. The number of carbonyl (C=O) groups is 3. The van der Waals surface area contributed by atoms with Gasteiger partial charge in [-0.3, -0.25) is 14.4 Å². The summed E-state index contributed by atoms with van der Waals surface area (Å²) >= 11 is 5.51. The Morgan fingerprint density at radius 1 is 1.13 bits per heavy atom. The standard InChI is InChI=1S/C30H45BrN2O5S/c1-3-5-6-13-19-38-29(37)23-24-27(35)33(17-11-8-12-18-34)26(30(24)20-22(31)25(23)39-30)28(36)32(16-4-2)21-14-9-7-10-15-21/h3-4,21-26,34H,1-2,5-20H2/t22?,23-,24-,25-,26?,30?/m0/s1. The minimum Gasteiger partial charge on any atom is -0.465 e. The van der Waals surface area contributed by atoms with Crippen LogP contribution in [-0.4, -0.2) is 85.9 Å². The number of esters is 1. The second kappa shape index (κ2) is 14.0. The van der Waals surface area contributed by atoms with Gasteiger partial charge >= 0.3 is 5.97 Å². The fourth-order valence-corrected chi connectivity index (χ4v) is 10.9. The summed E-state index contributed by atoms with van der Waals surface area (Å²) in [5.41, 5.74) is 0. The van der Waals surface area contributed by atoms with Gasteiger partial charge in [0.2, 0.25) is 11.8 Å². The van der Waals surface area contributed by atoms with Gasteiger partial charge in [0, 0.05) is 35.8 Å². The van der Waals surface area contributed by atoms with Crippen LogP contribution in [0.3, 0.4) is 0 Å². The van der Waals surface area contributed by atoms with Crippen LogP contribution in [0.25, 0.3) is 0 Å². The SMILES string of the molecule is C=CCCCCOC(=O)[C@H]1[C@H]2C(=O)N(CCCCCO)C(C(=O)N(CC=C)C3CCCCC3)C23CC(Br)[C@@H]1S3. The van der Waals surface area contributed by atoms with Gasteiger partial charge in [-0.05, 0) is 57.8 Å². The zero-order chi connectivity index (χ0) is 28.0. The van der Waals surface area contributed by atoms with E-state index in [2.05, 4.69) is 29.1 Å². The molecule has 7 nitrogen and oxygen atoms in total. The molecular formula is C30H45BrN2O5S. The molecule has 2 bridgehead atoms. The number of rotatable bonds is 15. The number of allylic oxidation sites excluding steroid dienone is 1. The van der Waals surface area contributed by atoms with Crippen LogP contribution in [0.15, 0.2) is 25.3 Å². The van der Waals surface area contributed by atoms with E-state index >= 15 is 0 Å². The zero-order valence-electron chi connectivity index (χ0n) is 23.1. The number of amides is 2. The summed E-state index contributed by atoms with van der Waals surface area (Å²) in [6, 6.07) is -0.447. The molecule has 6 atom stereocenters. The van der Waals surface area contributed by atoms with Crippen molar-refractivity contribution in [1.82, 2.24) is 9.80 Å². The van der Waals surface area contributed by atoms with Crippen molar-refractivity contribution in [2.24, 2.45) is 11.8 Å². The van der Waals surface area contributed by atoms with Crippen LogP contribution < -0.4 is 0 Å². The first-order valence-electron chi connectivity index (χ1n) is 14.8. The summed E-state index contributed by atoms with van der Waals surface area (Å²) < 4.78 is 5.09. The molecule has 218 valence electrons. The number of thioether (sulfide) groups is 1. The molecule has 39 heavy (non-hydrogen) atoms. The van der Waals surface area contributed by atoms with Gasteiger partial charge < -0.3 is 19.6 Å². The largest absolute Gasteiger partial charge is 0.465 e. The molecule has 3 saturated heterocycles. The average Bonchev–Trinajstić information content (AvgIpc) is 3.53. The number of carbonyl (C=O) groups excluding carboxylic acids is 3. The summed E-state index contributed by atoms with van der Waals surface area (Å²) in [6.45, 7) is 9.06. The number of nitrogens with zero attached hydrogens (tertiary/aromatic N) is 2. The molecule has 1 N–H and O–H groups in total. The van der Waals surface area contributed by atoms with Crippen LogP contribution >= 0.6 is 27.7 Å². The first kappa shape index (κ1) is 30.6. The fraction of sp³-hybridized carbons (Fsp3) is 0.767. The molecule has 1 spiro atoms. The van der Waals surface area contributed by atoms with Crippen LogP contribution in [0.5, 0.6) is 0 Å². The number of unbranched alkanes of at least 4 members (excludes halogenated alkanes) is 4. The van der Waals surface area contributed by atoms with Gasteiger partial charge in [0.25, 0.3) is 0 Å². The monoisotopic (exact) mass is 624 g/mol. The third-order valence-corrected chi connectivity index (χ3v) is 12.2. The summed E-state index contributed by atoms with van der Waals surface area (Å²) in [5.74, 6) is -1.49. The van der Waals surface area contributed by atoms with Gasteiger partial charge in [-0.1, -0.05) is 47.3 Å². The molecule has 4 aliphatic rings. The van der Waals surface area contributed by atoms with Crippen molar-refractivity contribution in [1.29, 1.82) is 0 Å². The number of hydrogen-bond acceptors (Lipinski definition) is 6. The lowest BCUT2D eigenvalue weighted by atomic mass is 9.71. The molecule has 3 unspecified atom stereocenters. The van der Waals surface area contributed by atoms with Crippen LogP contribution in [0, 0.1) is 11.8 Å². The second-order valence-corrected chi connectivity index (χ2v) is 14.2. The third-order valence-electron chi connectivity index (χ3n) is 9.02. The van der Waals surface area contributed by atoms with Gasteiger partial charge in [-0.25, -0.2) is 0 Å². The smallest absolute Gasteiger partial charge is 0.310 e. The maximum Gasteiger partial charge on any atom is 0.310 e. The molecular weight excluding hydrogens is 580 g/mol. The first-order chi connectivity index (χ1) is 18.9. The molecule has 0 radical (unpaired) electrons. The highest BCUT2D eigenvalue weighted by atomic mass is 79.9. The average molecular weight is 626 g/mol. The molecule has 4 fully saturated rings. The van der Waals surface area contributed by atoms with Crippen molar-refractivity contribution in [3.05, 3.63) is 25.3 Å². The topological polar surface area (TPSA) is 87.1 Å². The molecule has 3 heterocycles. The lowest BCUT2D eigenvalue weighted by molar-refractivity contribution is -0.154. The highest BCUT2D eigenvalue weighted by Crippen LogP contribution is 2.68. The summed E-state index contributed by atoms with van der Waals surface area (Å²) in [6.07, 6.45) is 14.4. The Morgan fingerprint density at radius 3 is 2.59 bits per heavy atom. The number of halogens is 1. The van der Waals surface area contributed by atoms with E-state index in [1.54, 1.807) is 22.7 Å². The summed E-state index contributed by atoms with van der Waals surface area (Å²) in [7, 11) is 0. The van der Waals surface area contributed by atoms with Crippen LogP contribution in [0.2, 0.25) is 0 Å². The normalized spacial score (nSPS) is 31.8. The minimum absolute atomic E-state index is 0.00565. The molecule has 4 rings (SSSR count). The lowest BCUT2D eigenvalue weighted by Crippen LogP contribution is -2.57. The molecule has 0 aromatic rings. The number of alkyl halides is 1. The van der Waals surface area contributed by atoms with Gasteiger partial charge in [-0.2, -0.15) is 0 Å². The van der Waals surface area contributed by atoms with Crippen molar-refractivity contribution in [3.8, 4) is 0 Å². The maximum absolute atomic E-state index is 14.6. The van der Waals surface area contributed by atoms with E-state index in [1.165, 1.54) is 6.42 Å². The number of aliphatic hydroxyl groups is 1. The van der Waals surface area contributed by atoms with Crippen molar-refractivity contribution < 1.29 is 24.2 Å². The summed E-state index contributed by atoms with van der Waals surface area (Å²) in [4.78, 5) is 46.0. The second-order valence-electron chi connectivity index (χ2n) is 11.5. The Bertz CT molecular complexity index is 912. The van der Waals surface area contributed by atoms with Gasteiger partial charge in [-0.15, -0.1) is 24.9 Å². The predicted octanol–water partition coefficient (Wildman–Crippen LogP) is 4.86. The quantitative estimate of drug-likeness (QED) is 0.121. The lowest BCUT2D eigenvalue weighted by Gasteiger charge is -2.41. The van der Waals surface area contributed by atoms with Gasteiger partial charge in [0.05, 0.1) is 23.2 Å². The van der Waals surface area contributed by atoms with E-state index in [9.17, 15) is 19.5 Å². The van der Waals surface area contributed by atoms with Crippen molar-refractivity contribution in [2.45, 2.75) is 104 Å². The predicted molar refractivity (Wildman–Crippen MR) is 159 cm³/mol. The molecule has 0 aromatic carbocycles. The molecule has 2 amide bonds. The van der Waals surface area contributed by atoms with E-state index in [1.807, 2.05) is 11.0 Å². The van der Waals surface area contributed by atoms with Crippen molar-refractivity contribution in [3.63, 3.8) is 0 Å². The Balaban J connectivity index is 1.62. The van der Waals surface area contributed by atoms with E-state index in [0.717, 1.165) is 51.4 Å². The number of aliphatic hydroxyl groups excluding tert-OH is 1. The first-order valence-corrected chi connectivity index (χ1v) is 16.6. The number of ether oxygens (including phenoxy) is 1. The highest BCUT2D eigenvalue weighted by Gasteiger charge is 2.76. The molecule has 9 heteroatoms. The Kier molecular flexibility index (Phi) is 11.0. The number of fused-ring (bicyclic) bond motifs is 1. The third kappa shape index (κ3) is 6.15. The van der Waals surface area contributed by atoms with Crippen molar-refractivity contribution >= 4 is 45.5 Å². The van der Waals surface area contributed by atoms with E-state index in [4.69, 9.17) is 4.74 Å². The van der Waals surface area contributed by atoms with Crippen molar-refractivity contribution in [2.75, 3.05) is 26.3 Å². The zero-order valence-corrected chi connectivity index (χ0v) is 25.5. The Morgan fingerprint density at radius 2 is 1.90 bits per heavy atom. The van der Waals surface area contributed by atoms with Gasteiger partial charge in [0.15, 0.2) is 0 Å². The van der Waals surface area contributed by atoms with E-state index < -0.39 is 22.6 Å². The summed E-state index contributed by atoms with van der Waals surface area (Å²) in [5, 5.41) is 9.18. The van der Waals surface area contributed by atoms with Crippen LogP contribution in [0.4, 0.5) is 0 Å². The Hall–Kier alpha value is -1.32. The van der Waals surface area contributed by atoms with E-state index in [-0.39, 0.29) is 40.5 Å². The fourth-order valence-electron chi connectivity index (χ4n) is 7.26. The Labute approximate surface area is 246 Å². The van der Waals surface area contributed by atoms with Crippen LogP contribution in [0.1, 0.15) is 77.0 Å². The molecule has 1 saturated carbocycles. The van der Waals surface area contributed by atoms with Gasteiger partial charge in [0.1, 0.15) is 6.04 Å². The van der Waals surface area contributed by atoms with Crippen LogP contribution in [-0.2, 0) is 19.1 Å². The molecule has 3 aliphatic heterocycles. The highest BCUT2D eigenvalue weighted by molar-refractivity contribution is 9.09. The molecule has 1 aliphatic carbocycles. The molecule has 0 aromatic heterocycles.